The molecule has 1 aromatic heterocycles. The van der Waals surface area contributed by atoms with Crippen LogP contribution in [0.4, 0.5) is 4.39 Å². The number of carbonyl (C=O) groups excluding carboxylic acids is 1. The molecule has 3 aromatic rings. The number of nitrogens with one attached hydrogen (secondary N) is 1. The third-order valence-electron chi connectivity index (χ3n) is 5.48. The van der Waals surface area contributed by atoms with Gasteiger partial charge >= 0.3 is 0 Å². The van der Waals surface area contributed by atoms with E-state index in [2.05, 4.69) is 15.5 Å². The van der Waals surface area contributed by atoms with Crippen molar-refractivity contribution < 1.29 is 9.18 Å². The van der Waals surface area contributed by atoms with Crippen LogP contribution < -0.4 is 5.32 Å². The predicted octanol–water partition coefficient (Wildman–Crippen LogP) is 6.24. The summed E-state index contributed by atoms with van der Waals surface area (Å²) in [6.45, 7) is 0.806. The zero-order chi connectivity index (χ0) is 23.2. The van der Waals surface area contributed by atoms with E-state index in [4.69, 9.17) is 23.2 Å². The number of carbonyl (C=O) groups is 1. The minimum Gasteiger partial charge on any atom is -0.356 e. The molecule has 2 aromatic carbocycles. The van der Waals surface area contributed by atoms with E-state index in [-0.39, 0.29) is 11.7 Å². The average Bonchev–Trinajstić information content (AvgIpc) is 3.53. The molecule has 1 amide bonds. The highest BCUT2D eigenvalue weighted by molar-refractivity contribution is 7.98. The zero-order valence-electron chi connectivity index (χ0n) is 18.1. The summed E-state index contributed by atoms with van der Waals surface area (Å²) in [5, 5.41) is 13.5. The molecule has 0 atom stereocenters. The molecule has 1 N–H and O–H groups in total. The monoisotopic (exact) mass is 506 g/mol. The molecule has 0 radical (unpaired) electrons. The molecular weight excluding hydrogens is 482 g/mol. The molecule has 4 rings (SSSR count). The van der Waals surface area contributed by atoms with Crippen molar-refractivity contribution in [1.29, 1.82) is 0 Å². The lowest BCUT2D eigenvalue weighted by Crippen LogP contribution is -2.25. The number of thioether (sulfide) groups is 1. The molecule has 1 saturated carbocycles. The predicted molar refractivity (Wildman–Crippen MR) is 131 cm³/mol. The van der Waals surface area contributed by atoms with Crippen LogP contribution in [0.2, 0.25) is 10.0 Å². The fraction of sp³-hybridized carbons (Fsp3) is 0.375. The summed E-state index contributed by atoms with van der Waals surface area (Å²) >= 11 is 13.9. The van der Waals surface area contributed by atoms with Gasteiger partial charge in [-0.05, 0) is 67.5 Å². The number of benzene rings is 2. The lowest BCUT2D eigenvalue weighted by atomic mass is 10.1. The Labute approximate surface area is 207 Å². The second-order valence-corrected chi connectivity index (χ2v) is 9.98. The number of hydrogen-bond acceptors (Lipinski definition) is 4. The van der Waals surface area contributed by atoms with Gasteiger partial charge in [0.25, 0.3) is 0 Å². The average molecular weight is 507 g/mol. The van der Waals surface area contributed by atoms with Crippen LogP contribution >= 0.6 is 35.0 Å². The van der Waals surface area contributed by atoms with Crippen LogP contribution in [0.1, 0.15) is 43.5 Å². The van der Waals surface area contributed by atoms with E-state index in [0.717, 1.165) is 36.5 Å². The van der Waals surface area contributed by atoms with Gasteiger partial charge in [0.2, 0.25) is 5.91 Å². The zero-order valence-corrected chi connectivity index (χ0v) is 20.4. The van der Waals surface area contributed by atoms with Gasteiger partial charge in [-0.2, -0.15) is 0 Å². The standard InChI is InChI=1S/C24H25Cl2FN4OS/c25-18-4-3-5-20(12-18)31-22(6-1-2-7-23(32)28-14-16-8-9-16)29-30-24(31)33-15-17-10-11-19(27)13-21(17)26/h3-5,10-13,16H,1-2,6-9,14-15H2,(H,28,32). The van der Waals surface area contributed by atoms with E-state index in [1.807, 2.05) is 28.8 Å². The molecule has 5 nitrogen and oxygen atoms in total. The maximum Gasteiger partial charge on any atom is 0.220 e. The van der Waals surface area contributed by atoms with Crippen molar-refractivity contribution in [3.05, 3.63) is 69.7 Å². The quantitative estimate of drug-likeness (QED) is 0.246. The SMILES string of the molecule is O=C(CCCCc1nnc(SCc2ccc(F)cc2Cl)n1-c1cccc(Cl)c1)NCC1CC1. The van der Waals surface area contributed by atoms with Crippen LogP contribution in [0.15, 0.2) is 47.6 Å². The molecule has 0 saturated heterocycles. The van der Waals surface area contributed by atoms with Gasteiger partial charge in [0.05, 0.1) is 5.69 Å². The second kappa shape index (κ2) is 11.4. The second-order valence-electron chi connectivity index (χ2n) is 8.19. The van der Waals surface area contributed by atoms with Crippen molar-refractivity contribution in [1.82, 2.24) is 20.1 Å². The number of rotatable bonds is 11. The van der Waals surface area contributed by atoms with E-state index < -0.39 is 0 Å². The molecule has 0 unspecified atom stereocenters. The van der Waals surface area contributed by atoms with Gasteiger partial charge in [0.1, 0.15) is 11.6 Å². The summed E-state index contributed by atoms with van der Waals surface area (Å²) < 4.78 is 15.3. The lowest BCUT2D eigenvalue weighted by Gasteiger charge is -2.11. The molecule has 1 fully saturated rings. The van der Waals surface area contributed by atoms with Gasteiger partial charge in [-0.25, -0.2) is 4.39 Å². The molecule has 0 aliphatic heterocycles. The van der Waals surface area contributed by atoms with Crippen LogP contribution in [-0.2, 0) is 17.0 Å². The third kappa shape index (κ3) is 6.95. The van der Waals surface area contributed by atoms with Crippen LogP contribution in [-0.4, -0.2) is 27.2 Å². The number of aryl methyl sites for hydroxylation is 1. The summed E-state index contributed by atoms with van der Waals surface area (Å²) in [5.74, 6) is 1.78. The summed E-state index contributed by atoms with van der Waals surface area (Å²) in [6, 6.07) is 11.9. The number of nitrogens with zero attached hydrogens (tertiary/aromatic N) is 3. The highest BCUT2D eigenvalue weighted by Crippen LogP contribution is 2.30. The molecule has 0 spiro atoms. The van der Waals surface area contributed by atoms with Crippen molar-refractivity contribution in [3.63, 3.8) is 0 Å². The maximum atomic E-state index is 13.4. The van der Waals surface area contributed by atoms with Gasteiger partial charge in [-0.1, -0.05) is 47.1 Å². The van der Waals surface area contributed by atoms with Crippen LogP contribution in [0.25, 0.3) is 5.69 Å². The summed E-state index contributed by atoms with van der Waals surface area (Å²) in [6.07, 6.45) is 5.27. The lowest BCUT2D eigenvalue weighted by molar-refractivity contribution is -0.121. The minimum atomic E-state index is -0.362. The molecule has 1 heterocycles. The number of halogens is 3. The van der Waals surface area contributed by atoms with Crippen LogP contribution in [0.5, 0.6) is 0 Å². The Morgan fingerprint density at radius 1 is 1.15 bits per heavy atom. The van der Waals surface area contributed by atoms with Gasteiger partial charge in [-0.3, -0.25) is 9.36 Å². The normalized spacial score (nSPS) is 13.3. The van der Waals surface area contributed by atoms with E-state index in [0.29, 0.717) is 39.7 Å². The Morgan fingerprint density at radius 2 is 2.00 bits per heavy atom. The van der Waals surface area contributed by atoms with Gasteiger partial charge in [0.15, 0.2) is 5.16 Å². The first kappa shape index (κ1) is 24.0. The van der Waals surface area contributed by atoms with Crippen molar-refractivity contribution in [2.45, 2.75) is 49.4 Å². The molecule has 174 valence electrons. The molecule has 0 bridgehead atoms. The largest absolute Gasteiger partial charge is 0.356 e. The van der Waals surface area contributed by atoms with E-state index in [1.165, 1.54) is 36.7 Å². The molecular formula is C24H25Cl2FN4OS. The first-order chi connectivity index (χ1) is 16.0. The Hall–Kier alpha value is -2.09. The molecule has 1 aliphatic rings. The summed E-state index contributed by atoms with van der Waals surface area (Å²) in [5.41, 5.74) is 1.69. The number of amides is 1. The molecule has 1 aliphatic carbocycles. The Morgan fingerprint density at radius 3 is 2.76 bits per heavy atom. The van der Waals surface area contributed by atoms with E-state index >= 15 is 0 Å². The molecule has 9 heteroatoms. The highest BCUT2D eigenvalue weighted by Gasteiger charge is 2.21. The number of hydrogen-bond donors (Lipinski definition) is 1. The third-order valence-corrected chi connectivity index (χ3v) is 7.04. The first-order valence-electron chi connectivity index (χ1n) is 11.0. The van der Waals surface area contributed by atoms with Gasteiger partial charge in [0, 0.05) is 35.2 Å². The number of aromatic nitrogens is 3. The van der Waals surface area contributed by atoms with Gasteiger partial charge in [-0.15, -0.1) is 10.2 Å². The van der Waals surface area contributed by atoms with Crippen molar-refractivity contribution in [2.24, 2.45) is 5.92 Å². The van der Waals surface area contributed by atoms with E-state index in [9.17, 15) is 9.18 Å². The summed E-state index contributed by atoms with van der Waals surface area (Å²) in [4.78, 5) is 12.0. The Balaban J connectivity index is 1.42. The first-order valence-corrected chi connectivity index (χ1v) is 12.8. The Kier molecular flexibility index (Phi) is 8.28. The Bertz CT molecular complexity index is 1120. The number of unbranched alkanes of at least 4 members (excludes halogenated alkanes) is 1. The van der Waals surface area contributed by atoms with Crippen molar-refractivity contribution in [3.8, 4) is 5.69 Å². The van der Waals surface area contributed by atoms with Gasteiger partial charge < -0.3 is 5.32 Å². The topological polar surface area (TPSA) is 59.8 Å². The van der Waals surface area contributed by atoms with Crippen molar-refractivity contribution in [2.75, 3.05) is 6.54 Å². The van der Waals surface area contributed by atoms with Crippen LogP contribution in [0, 0.1) is 11.7 Å². The molecule has 33 heavy (non-hydrogen) atoms. The fourth-order valence-corrected chi connectivity index (χ4v) is 4.92. The smallest absolute Gasteiger partial charge is 0.220 e. The van der Waals surface area contributed by atoms with Crippen molar-refractivity contribution >= 4 is 40.9 Å². The van der Waals surface area contributed by atoms with Crippen LogP contribution in [0.3, 0.4) is 0 Å². The minimum absolute atomic E-state index is 0.116. The maximum absolute atomic E-state index is 13.4. The van der Waals surface area contributed by atoms with E-state index in [1.54, 1.807) is 6.07 Å². The highest BCUT2D eigenvalue weighted by atomic mass is 35.5. The summed E-state index contributed by atoms with van der Waals surface area (Å²) in [7, 11) is 0. The fourth-order valence-electron chi connectivity index (χ4n) is 3.45.